The van der Waals surface area contributed by atoms with Crippen molar-refractivity contribution < 1.29 is 27.5 Å². The first-order valence-corrected chi connectivity index (χ1v) is 6.95. The third-order valence-electron chi connectivity index (χ3n) is 3.86. The smallest absolute Gasteiger partial charge is 0.392 e. The van der Waals surface area contributed by atoms with Gasteiger partial charge < -0.3 is 14.8 Å². The molecule has 1 amide bonds. The van der Waals surface area contributed by atoms with E-state index >= 15 is 0 Å². The Hall–Kier alpha value is -1.50. The van der Waals surface area contributed by atoms with Gasteiger partial charge in [0.15, 0.2) is 0 Å². The molecule has 1 aromatic rings. The Morgan fingerprint density at radius 3 is 2.76 bits per heavy atom. The van der Waals surface area contributed by atoms with Crippen molar-refractivity contribution in [3.63, 3.8) is 0 Å². The van der Waals surface area contributed by atoms with Gasteiger partial charge in [0.2, 0.25) is 5.91 Å². The van der Waals surface area contributed by atoms with Gasteiger partial charge in [0, 0.05) is 5.92 Å². The van der Waals surface area contributed by atoms with Crippen molar-refractivity contribution in [2.24, 2.45) is 11.8 Å². The van der Waals surface area contributed by atoms with Gasteiger partial charge in [-0.05, 0) is 25.0 Å². The Labute approximate surface area is 120 Å². The number of amides is 1. The molecule has 2 rings (SSSR count). The molecule has 0 unspecified atom stereocenters. The van der Waals surface area contributed by atoms with E-state index in [1.54, 1.807) is 6.07 Å². The molecule has 0 saturated heterocycles. The first-order chi connectivity index (χ1) is 9.89. The Morgan fingerprint density at radius 2 is 2.14 bits per heavy atom. The summed E-state index contributed by atoms with van der Waals surface area (Å²) in [6.07, 6.45) is -2.72. The van der Waals surface area contributed by atoms with Crippen molar-refractivity contribution in [2.75, 3.05) is 6.54 Å². The fourth-order valence-corrected chi connectivity index (χ4v) is 2.75. The zero-order chi connectivity index (χ0) is 15.5. The summed E-state index contributed by atoms with van der Waals surface area (Å²) >= 11 is 0. The Morgan fingerprint density at radius 1 is 1.43 bits per heavy atom. The molecular formula is C14H18F3NO3. The Bertz CT molecular complexity index is 459. The van der Waals surface area contributed by atoms with Gasteiger partial charge in [-0.15, -0.1) is 0 Å². The van der Waals surface area contributed by atoms with Crippen LogP contribution in [0.2, 0.25) is 0 Å². The first kappa shape index (κ1) is 15.9. The molecular weight excluding hydrogens is 287 g/mol. The maximum Gasteiger partial charge on any atom is 0.392 e. The van der Waals surface area contributed by atoms with Crippen LogP contribution in [0.25, 0.3) is 0 Å². The van der Waals surface area contributed by atoms with Crippen molar-refractivity contribution in [1.29, 1.82) is 0 Å². The fourth-order valence-electron chi connectivity index (χ4n) is 2.75. The number of nitrogens with one attached hydrogen (secondary N) is 1. The van der Waals surface area contributed by atoms with E-state index in [-0.39, 0.29) is 25.1 Å². The molecule has 1 saturated carbocycles. The summed E-state index contributed by atoms with van der Waals surface area (Å²) in [6.45, 7) is -0.159. The van der Waals surface area contributed by atoms with Crippen LogP contribution in [0, 0.1) is 11.8 Å². The number of carbonyl (C=O) groups is 1. The number of hydrogen-bond donors (Lipinski definition) is 2. The molecule has 1 heterocycles. The van der Waals surface area contributed by atoms with Crippen LogP contribution in [0.1, 0.15) is 37.5 Å². The zero-order valence-corrected chi connectivity index (χ0v) is 11.4. The van der Waals surface area contributed by atoms with Crippen LogP contribution in [0.3, 0.4) is 0 Å². The highest BCUT2D eigenvalue weighted by Crippen LogP contribution is 2.41. The number of furan rings is 1. The second kappa shape index (κ2) is 6.51. The van der Waals surface area contributed by atoms with E-state index < -0.39 is 30.0 Å². The largest absolute Gasteiger partial charge is 0.467 e. The van der Waals surface area contributed by atoms with Gasteiger partial charge in [0.25, 0.3) is 0 Å². The van der Waals surface area contributed by atoms with Crippen LogP contribution in [0.5, 0.6) is 0 Å². The van der Waals surface area contributed by atoms with Crippen LogP contribution in [-0.4, -0.2) is 23.7 Å². The SMILES string of the molecule is O=C(NC[C@H](O)c1ccco1)[C@@H]1CCCC[C@@H]1C(F)(F)F. The molecule has 0 bridgehead atoms. The van der Waals surface area contributed by atoms with E-state index in [9.17, 15) is 23.1 Å². The summed E-state index contributed by atoms with van der Waals surface area (Å²) in [6, 6.07) is 3.12. The Kier molecular flexibility index (Phi) is 4.92. The molecule has 1 aliphatic carbocycles. The van der Waals surface area contributed by atoms with E-state index in [0.29, 0.717) is 12.8 Å². The minimum Gasteiger partial charge on any atom is -0.467 e. The average Bonchev–Trinajstić information content (AvgIpc) is 2.97. The van der Waals surface area contributed by atoms with Gasteiger partial charge >= 0.3 is 6.18 Å². The number of aliphatic hydroxyl groups excluding tert-OH is 1. The van der Waals surface area contributed by atoms with Gasteiger partial charge in [0.05, 0.1) is 18.7 Å². The van der Waals surface area contributed by atoms with E-state index in [1.807, 2.05) is 0 Å². The zero-order valence-electron chi connectivity index (χ0n) is 11.4. The molecule has 1 aliphatic rings. The highest BCUT2D eigenvalue weighted by molar-refractivity contribution is 5.79. The lowest BCUT2D eigenvalue weighted by Crippen LogP contribution is -2.43. The van der Waals surface area contributed by atoms with Crippen LogP contribution in [0.4, 0.5) is 13.2 Å². The molecule has 4 nitrogen and oxygen atoms in total. The number of aliphatic hydroxyl groups is 1. The third-order valence-corrected chi connectivity index (χ3v) is 3.86. The van der Waals surface area contributed by atoms with Crippen molar-refractivity contribution in [2.45, 2.75) is 38.0 Å². The number of carbonyl (C=O) groups excluding carboxylic acids is 1. The minimum absolute atomic E-state index is 0.0116. The summed E-state index contributed by atoms with van der Waals surface area (Å²) < 4.78 is 43.8. The normalized spacial score (nSPS) is 24.6. The summed E-state index contributed by atoms with van der Waals surface area (Å²) in [5.74, 6) is -3.04. The average molecular weight is 305 g/mol. The predicted octanol–water partition coefficient (Wildman–Crippen LogP) is 2.80. The summed E-state index contributed by atoms with van der Waals surface area (Å²) in [5.41, 5.74) is 0. The maximum absolute atomic E-state index is 12.9. The molecule has 1 aromatic heterocycles. The van der Waals surface area contributed by atoms with E-state index in [0.717, 1.165) is 0 Å². The molecule has 0 aliphatic heterocycles. The van der Waals surface area contributed by atoms with E-state index in [1.165, 1.54) is 12.3 Å². The van der Waals surface area contributed by atoms with Crippen molar-refractivity contribution >= 4 is 5.91 Å². The number of alkyl halides is 3. The van der Waals surface area contributed by atoms with Crippen molar-refractivity contribution in [3.8, 4) is 0 Å². The van der Waals surface area contributed by atoms with Crippen LogP contribution in [0.15, 0.2) is 22.8 Å². The molecule has 118 valence electrons. The maximum atomic E-state index is 12.9. The lowest BCUT2D eigenvalue weighted by Gasteiger charge is -2.32. The number of rotatable bonds is 4. The topological polar surface area (TPSA) is 62.5 Å². The second-order valence-corrected chi connectivity index (χ2v) is 5.32. The quantitative estimate of drug-likeness (QED) is 0.899. The summed E-state index contributed by atoms with van der Waals surface area (Å²) in [4.78, 5) is 12.0. The third kappa shape index (κ3) is 4.00. The van der Waals surface area contributed by atoms with Crippen LogP contribution >= 0.6 is 0 Å². The fraction of sp³-hybridized carbons (Fsp3) is 0.643. The Balaban J connectivity index is 1.92. The molecule has 3 atom stereocenters. The van der Waals surface area contributed by atoms with Gasteiger partial charge in [-0.25, -0.2) is 0 Å². The molecule has 0 aromatic carbocycles. The number of halogens is 3. The van der Waals surface area contributed by atoms with Crippen molar-refractivity contribution in [3.05, 3.63) is 24.2 Å². The van der Waals surface area contributed by atoms with Gasteiger partial charge in [-0.3, -0.25) is 4.79 Å². The predicted molar refractivity (Wildman–Crippen MR) is 68.2 cm³/mol. The molecule has 7 heteroatoms. The van der Waals surface area contributed by atoms with Crippen LogP contribution < -0.4 is 5.32 Å². The molecule has 0 radical (unpaired) electrons. The van der Waals surface area contributed by atoms with Gasteiger partial charge in [-0.2, -0.15) is 13.2 Å². The van der Waals surface area contributed by atoms with Gasteiger partial charge in [0.1, 0.15) is 11.9 Å². The minimum atomic E-state index is -4.36. The van der Waals surface area contributed by atoms with E-state index in [4.69, 9.17) is 4.42 Å². The summed E-state index contributed by atoms with van der Waals surface area (Å²) in [5, 5.41) is 12.1. The summed E-state index contributed by atoms with van der Waals surface area (Å²) in [7, 11) is 0. The molecule has 21 heavy (non-hydrogen) atoms. The molecule has 2 N–H and O–H groups in total. The standard InChI is InChI=1S/C14H18F3NO3/c15-14(16,17)10-5-2-1-4-9(10)13(20)18-8-11(19)12-6-3-7-21-12/h3,6-7,9-11,19H,1-2,4-5,8H2,(H,18,20)/t9-,10+,11+/m1/s1. The molecule has 0 spiro atoms. The second-order valence-electron chi connectivity index (χ2n) is 5.32. The van der Waals surface area contributed by atoms with Gasteiger partial charge in [-0.1, -0.05) is 12.8 Å². The van der Waals surface area contributed by atoms with E-state index in [2.05, 4.69) is 5.32 Å². The van der Waals surface area contributed by atoms with Crippen LogP contribution in [-0.2, 0) is 4.79 Å². The monoisotopic (exact) mass is 305 g/mol. The molecule has 1 fully saturated rings. The first-order valence-electron chi connectivity index (χ1n) is 6.95. The lowest BCUT2D eigenvalue weighted by molar-refractivity contribution is -0.198. The lowest BCUT2D eigenvalue weighted by atomic mass is 9.78. The number of hydrogen-bond acceptors (Lipinski definition) is 3. The highest BCUT2D eigenvalue weighted by atomic mass is 19.4. The van der Waals surface area contributed by atoms with Crippen molar-refractivity contribution in [1.82, 2.24) is 5.32 Å². The highest BCUT2D eigenvalue weighted by Gasteiger charge is 2.47.